The Kier molecular flexibility index (Phi) is 3.26. The fourth-order valence-electron chi connectivity index (χ4n) is 1.22. The van der Waals surface area contributed by atoms with E-state index in [1.165, 1.54) is 12.4 Å². The van der Waals surface area contributed by atoms with Crippen LogP contribution >= 0.6 is 27.5 Å². The molecule has 17 heavy (non-hydrogen) atoms. The maximum Gasteiger partial charge on any atom is 0.279 e. The van der Waals surface area contributed by atoms with E-state index in [9.17, 15) is 13.6 Å². The van der Waals surface area contributed by atoms with Crippen molar-refractivity contribution in [2.24, 2.45) is 0 Å². The van der Waals surface area contributed by atoms with Gasteiger partial charge in [0.1, 0.15) is 0 Å². The summed E-state index contributed by atoms with van der Waals surface area (Å²) in [7, 11) is 0. The third kappa shape index (κ3) is 2.37. The van der Waals surface area contributed by atoms with Crippen molar-refractivity contribution < 1.29 is 13.6 Å². The third-order valence-electron chi connectivity index (χ3n) is 2.00. The average molecular weight is 322 g/mol. The first-order valence-electron chi connectivity index (χ1n) is 4.38. The van der Waals surface area contributed by atoms with E-state index in [2.05, 4.69) is 21.0 Å². The highest BCUT2D eigenvalue weighted by Crippen LogP contribution is 2.21. The molecule has 0 atom stereocenters. The predicted octanol–water partition coefficient (Wildman–Crippen LogP) is 3.27. The maximum absolute atomic E-state index is 13.0. The molecule has 0 aliphatic carbocycles. The van der Waals surface area contributed by atoms with Crippen LogP contribution in [0.2, 0.25) is 5.02 Å². The molecule has 2 aromatic rings. The van der Waals surface area contributed by atoms with Gasteiger partial charge in [0.05, 0.1) is 21.3 Å². The van der Waals surface area contributed by atoms with Crippen LogP contribution in [0.4, 0.5) is 8.78 Å². The van der Waals surface area contributed by atoms with E-state index in [0.717, 1.165) is 16.8 Å². The maximum atomic E-state index is 13.0. The van der Waals surface area contributed by atoms with E-state index in [1.807, 2.05) is 0 Å². The van der Waals surface area contributed by atoms with E-state index in [4.69, 9.17) is 11.6 Å². The Morgan fingerprint density at radius 2 is 2.00 bits per heavy atom. The number of carbonyl (C=O) groups excluding carboxylic acids is 1. The number of carbonyl (C=O) groups is 1. The van der Waals surface area contributed by atoms with Crippen LogP contribution in [0.15, 0.2) is 29.0 Å². The highest BCUT2D eigenvalue weighted by molar-refractivity contribution is 9.10. The molecule has 1 aromatic carbocycles. The smallest absolute Gasteiger partial charge is 0.267 e. The van der Waals surface area contributed by atoms with E-state index < -0.39 is 17.5 Å². The molecule has 1 aromatic heterocycles. The quantitative estimate of drug-likeness (QED) is 0.756. The van der Waals surface area contributed by atoms with E-state index in [0.29, 0.717) is 4.47 Å². The van der Waals surface area contributed by atoms with Gasteiger partial charge in [0.2, 0.25) is 0 Å². The van der Waals surface area contributed by atoms with Gasteiger partial charge in [-0.15, -0.1) is 0 Å². The Morgan fingerprint density at radius 3 is 2.59 bits per heavy atom. The van der Waals surface area contributed by atoms with Gasteiger partial charge < -0.3 is 0 Å². The van der Waals surface area contributed by atoms with Crippen LogP contribution in [-0.2, 0) is 0 Å². The molecule has 0 radical (unpaired) electrons. The fraction of sp³-hybridized carbons (Fsp3) is 0. The van der Waals surface area contributed by atoms with Crippen molar-refractivity contribution in [2.75, 3.05) is 0 Å². The SMILES string of the molecule is O=C(c1cc(F)c(F)cc1Cl)n1cc(Br)cn1. The van der Waals surface area contributed by atoms with Crippen molar-refractivity contribution in [1.29, 1.82) is 0 Å². The molecule has 0 N–H and O–H groups in total. The minimum atomic E-state index is -1.14. The number of aromatic nitrogens is 2. The summed E-state index contributed by atoms with van der Waals surface area (Å²) in [6, 6.07) is 1.50. The van der Waals surface area contributed by atoms with Crippen LogP contribution in [0, 0.1) is 11.6 Å². The summed E-state index contributed by atoms with van der Waals surface area (Å²) >= 11 is 8.79. The Morgan fingerprint density at radius 1 is 1.35 bits per heavy atom. The lowest BCUT2D eigenvalue weighted by Crippen LogP contribution is -2.13. The molecule has 3 nitrogen and oxygen atoms in total. The molecular weight excluding hydrogens is 317 g/mol. The van der Waals surface area contributed by atoms with Gasteiger partial charge in [-0.1, -0.05) is 11.6 Å². The van der Waals surface area contributed by atoms with Gasteiger partial charge in [0.25, 0.3) is 5.91 Å². The first-order chi connectivity index (χ1) is 7.99. The van der Waals surface area contributed by atoms with Crippen LogP contribution in [0.5, 0.6) is 0 Å². The van der Waals surface area contributed by atoms with Crippen molar-refractivity contribution in [2.45, 2.75) is 0 Å². The van der Waals surface area contributed by atoms with Crippen LogP contribution in [0.3, 0.4) is 0 Å². The van der Waals surface area contributed by atoms with Crippen LogP contribution < -0.4 is 0 Å². The van der Waals surface area contributed by atoms with Gasteiger partial charge in [0.15, 0.2) is 11.6 Å². The number of benzene rings is 1. The second-order valence-electron chi connectivity index (χ2n) is 3.15. The molecule has 0 amide bonds. The largest absolute Gasteiger partial charge is 0.279 e. The van der Waals surface area contributed by atoms with Gasteiger partial charge >= 0.3 is 0 Å². The summed E-state index contributed by atoms with van der Waals surface area (Å²) in [5.41, 5.74) is -0.152. The van der Waals surface area contributed by atoms with Crippen molar-refractivity contribution in [3.8, 4) is 0 Å². The zero-order chi connectivity index (χ0) is 12.6. The summed E-state index contributed by atoms with van der Waals surface area (Å²) in [6.07, 6.45) is 2.78. The van der Waals surface area contributed by atoms with Gasteiger partial charge in [0, 0.05) is 6.20 Å². The fourth-order valence-corrected chi connectivity index (χ4v) is 1.74. The minimum absolute atomic E-state index is 0.152. The Hall–Kier alpha value is -1.27. The van der Waals surface area contributed by atoms with Crippen molar-refractivity contribution >= 4 is 33.4 Å². The topological polar surface area (TPSA) is 34.9 Å². The molecule has 0 bridgehead atoms. The molecule has 0 aliphatic rings. The molecule has 0 spiro atoms. The number of nitrogens with zero attached hydrogens (tertiary/aromatic N) is 2. The lowest BCUT2D eigenvalue weighted by molar-refractivity contribution is 0.0944. The number of halogens is 4. The summed E-state index contributed by atoms with van der Waals surface area (Å²) in [4.78, 5) is 11.9. The Bertz CT molecular complexity index is 600. The third-order valence-corrected chi connectivity index (χ3v) is 2.72. The summed E-state index contributed by atoms with van der Waals surface area (Å²) in [5, 5.41) is 3.56. The molecule has 0 saturated carbocycles. The zero-order valence-corrected chi connectivity index (χ0v) is 10.5. The molecule has 1 heterocycles. The van der Waals surface area contributed by atoms with E-state index in [1.54, 1.807) is 0 Å². The predicted molar refractivity (Wildman–Crippen MR) is 61.0 cm³/mol. The van der Waals surface area contributed by atoms with Crippen LogP contribution in [0.1, 0.15) is 10.4 Å². The molecule has 0 aliphatic heterocycles. The molecular formula is C10H4BrClF2N2O. The molecule has 0 unspecified atom stereocenters. The molecule has 7 heteroatoms. The van der Waals surface area contributed by atoms with E-state index in [-0.39, 0.29) is 10.6 Å². The second-order valence-corrected chi connectivity index (χ2v) is 4.48. The number of rotatable bonds is 1. The van der Waals surface area contributed by atoms with Gasteiger partial charge in [-0.05, 0) is 28.1 Å². The highest BCUT2D eigenvalue weighted by atomic mass is 79.9. The Balaban J connectivity index is 2.47. The Labute approximate surface area is 108 Å². The lowest BCUT2D eigenvalue weighted by Gasteiger charge is -2.04. The molecule has 0 saturated heterocycles. The van der Waals surface area contributed by atoms with Crippen LogP contribution in [0.25, 0.3) is 0 Å². The average Bonchev–Trinajstić information content (AvgIpc) is 2.69. The van der Waals surface area contributed by atoms with Crippen LogP contribution in [-0.4, -0.2) is 15.7 Å². The lowest BCUT2D eigenvalue weighted by atomic mass is 10.2. The molecule has 0 fully saturated rings. The minimum Gasteiger partial charge on any atom is -0.267 e. The normalized spacial score (nSPS) is 10.6. The number of hydrogen-bond donors (Lipinski definition) is 0. The first-order valence-corrected chi connectivity index (χ1v) is 5.55. The van der Waals surface area contributed by atoms with Crippen molar-refractivity contribution in [3.63, 3.8) is 0 Å². The monoisotopic (exact) mass is 320 g/mol. The summed E-state index contributed by atoms with van der Waals surface area (Å²) in [6.45, 7) is 0. The van der Waals surface area contributed by atoms with Crippen molar-refractivity contribution in [3.05, 3.63) is 51.2 Å². The van der Waals surface area contributed by atoms with Crippen molar-refractivity contribution in [1.82, 2.24) is 9.78 Å². The summed E-state index contributed by atoms with van der Waals surface area (Å²) < 4.78 is 27.4. The highest BCUT2D eigenvalue weighted by Gasteiger charge is 2.17. The zero-order valence-electron chi connectivity index (χ0n) is 8.12. The molecule has 2 rings (SSSR count). The standard InChI is InChI=1S/C10H4BrClF2N2O/c11-5-3-15-16(4-5)10(17)6-1-8(13)9(14)2-7(6)12/h1-4H. The number of hydrogen-bond acceptors (Lipinski definition) is 2. The molecule has 88 valence electrons. The second kappa shape index (κ2) is 4.54. The van der Waals surface area contributed by atoms with Gasteiger partial charge in [-0.3, -0.25) is 4.79 Å². The summed E-state index contributed by atoms with van der Waals surface area (Å²) in [5.74, 6) is -2.88. The van der Waals surface area contributed by atoms with Gasteiger partial charge in [-0.2, -0.15) is 5.10 Å². The van der Waals surface area contributed by atoms with Gasteiger partial charge in [-0.25, -0.2) is 13.5 Å². The first kappa shape index (κ1) is 12.2. The van der Waals surface area contributed by atoms with E-state index >= 15 is 0 Å².